The molecule has 1 N–H and O–H groups in total. The van der Waals surface area contributed by atoms with E-state index in [0.717, 1.165) is 0 Å². The average Bonchev–Trinajstić information content (AvgIpc) is 2.35. The van der Waals surface area contributed by atoms with Gasteiger partial charge in [0.05, 0.1) is 26.4 Å². The van der Waals surface area contributed by atoms with Crippen LogP contribution >= 0.6 is 0 Å². The lowest BCUT2D eigenvalue weighted by atomic mass is 10.2. The van der Waals surface area contributed by atoms with Gasteiger partial charge in [-0.2, -0.15) is 0 Å². The Bertz CT molecular complexity index is 313. The molecule has 0 amide bonds. The maximum Gasteiger partial charge on any atom is 0.192 e. The van der Waals surface area contributed by atoms with Gasteiger partial charge in [0, 0.05) is 0 Å². The Morgan fingerprint density at radius 2 is 1.13 bits per heavy atom. The smallest absolute Gasteiger partial charge is 0.192 e. The number of hydrogen-bond donors (Lipinski definition) is 1. The maximum absolute atomic E-state index is 9.04. The molecule has 23 heavy (non-hydrogen) atoms. The van der Waals surface area contributed by atoms with Crippen LogP contribution in [0.25, 0.3) is 0 Å². The molecule has 0 aromatic heterocycles. The highest BCUT2D eigenvalue weighted by Gasteiger charge is 2.39. The van der Waals surface area contributed by atoms with E-state index >= 15 is 0 Å². The summed E-state index contributed by atoms with van der Waals surface area (Å²) >= 11 is 0. The fourth-order valence-corrected chi connectivity index (χ4v) is 3.47. The van der Waals surface area contributed by atoms with Crippen LogP contribution in [0.5, 0.6) is 0 Å². The first-order valence-corrected chi connectivity index (χ1v) is 14.5. The van der Waals surface area contributed by atoms with Gasteiger partial charge >= 0.3 is 0 Å². The van der Waals surface area contributed by atoms with E-state index in [-0.39, 0.29) is 22.8 Å². The molecule has 0 bridgehead atoms. The van der Waals surface area contributed by atoms with Gasteiger partial charge in [-0.1, -0.05) is 41.5 Å². The van der Waals surface area contributed by atoms with Gasteiger partial charge in [-0.05, 0) is 36.3 Å². The van der Waals surface area contributed by atoms with E-state index in [1.165, 1.54) is 0 Å². The van der Waals surface area contributed by atoms with E-state index < -0.39 is 16.6 Å². The van der Waals surface area contributed by atoms with Crippen LogP contribution in [0.15, 0.2) is 0 Å². The third-order valence-electron chi connectivity index (χ3n) is 5.32. The molecule has 0 aliphatic heterocycles. The summed E-state index contributed by atoms with van der Waals surface area (Å²) in [7, 11) is -3.61. The van der Waals surface area contributed by atoms with Gasteiger partial charge in [0.2, 0.25) is 0 Å². The summed E-state index contributed by atoms with van der Waals surface area (Å²) in [4.78, 5) is 0. The normalized spacial score (nSPS) is 14.6. The quantitative estimate of drug-likeness (QED) is 0.616. The molecule has 6 heteroatoms. The molecule has 0 saturated heterocycles. The third kappa shape index (κ3) is 7.79. The summed E-state index contributed by atoms with van der Waals surface area (Å²) in [5.74, 6) is 0. The van der Waals surface area contributed by atoms with E-state index in [0.29, 0.717) is 19.8 Å². The lowest BCUT2D eigenvalue weighted by Crippen LogP contribution is -2.46. The summed E-state index contributed by atoms with van der Waals surface area (Å²) in [6.07, 6.45) is -0.120. The van der Waals surface area contributed by atoms with Crippen molar-refractivity contribution in [2.75, 3.05) is 26.4 Å². The second-order valence-electron chi connectivity index (χ2n) is 9.36. The molecule has 0 aliphatic carbocycles. The van der Waals surface area contributed by atoms with Crippen molar-refractivity contribution < 1.29 is 18.7 Å². The van der Waals surface area contributed by atoms with E-state index in [1.54, 1.807) is 0 Å². The molecule has 0 fully saturated rings. The number of aliphatic hydroxyl groups excluding tert-OH is 1. The van der Waals surface area contributed by atoms with Crippen molar-refractivity contribution in [2.45, 2.75) is 83.9 Å². The highest BCUT2D eigenvalue weighted by atomic mass is 28.4. The van der Waals surface area contributed by atoms with Gasteiger partial charge in [-0.15, -0.1) is 0 Å². The highest BCUT2D eigenvalue weighted by Crippen LogP contribution is 2.38. The monoisotopic (exact) mass is 364 g/mol. The molecule has 0 radical (unpaired) electrons. The van der Waals surface area contributed by atoms with Crippen LogP contribution in [0.4, 0.5) is 0 Å². The Morgan fingerprint density at radius 1 is 0.783 bits per heavy atom. The molecule has 0 aromatic rings. The zero-order chi connectivity index (χ0) is 18.5. The van der Waals surface area contributed by atoms with E-state index in [2.05, 4.69) is 67.7 Å². The van der Waals surface area contributed by atoms with Crippen molar-refractivity contribution in [1.29, 1.82) is 0 Å². The van der Waals surface area contributed by atoms with Gasteiger partial charge in [-0.25, -0.2) is 0 Å². The fraction of sp³-hybridized carbons (Fsp3) is 1.00. The number of hydrogen-bond acceptors (Lipinski definition) is 4. The Hall–Kier alpha value is 0.274. The summed E-state index contributed by atoms with van der Waals surface area (Å²) in [5, 5.41) is 9.39. The summed E-state index contributed by atoms with van der Waals surface area (Å²) < 4.78 is 18.3. The molecule has 0 unspecified atom stereocenters. The van der Waals surface area contributed by atoms with Crippen LogP contribution in [0, 0.1) is 0 Å². The number of rotatable bonds is 9. The average molecular weight is 365 g/mol. The third-order valence-corrected chi connectivity index (χ3v) is 14.3. The van der Waals surface area contributed by atoms with Gasteiger partial charge in [-0.3, -0.25) is 0 Å². The standard InChI is InChI=1S/C17H40O4Si2/c1-16(2,3)22(7,8)20-13-15(19-12-11-18)14-21-23(9,10)17(4,5)6/h15,18H,11-14H2,1-10H3. The Balaban J connectivity index is 4.72. The van der Waals surface area contributed by atoms with E-state index in [9.17, 15) is 0 Å². The summed E-state index contributed by atoms with van der Waals surface area (Å²) in [5.41, 5.74) is 0. The summed E-state index contributed by atoms with van der Waals surface area (Å²) in [6.45, 7) is 23.8. The van der Waals surface area contributed by atoms with E-state index in [4.69, 9.17) is 18.7 Å². The largest absolute Gasteiger partial charge is 0.414 e. The second-order valence-corrected chi connectivity index (χ2v) is 19.0. The van der Waals surface area contributed by atoms with Gasteiger partial charge in [0.1, 0.15) is 6.10 Å². The first-order valence-electron chi connectivity index (χ1n) is 8.64. The zero-order valence-electron chi connectivity index (χ0n) is 17.1. The van der Waals surface area contributed by atoms with Crippen LogP contribution < -0.4 is 0 Å². The molecular formula is C17H40O4Si2. The first-order chi connectivity index (χ1) is 10.1. The maximum atomic E-state index is 9.04. The molecule has 0 aliphatic rings. The van der Waals surface area contributed by atoms with Crippen LogP contribution in [0.1, 0.15) is 41.5 Å². The van der Waals surface area contributed by atoms with Crippen molar-refractivity contribution in [3.05, 3.63) is 0 Å². The van der Waals surface area contributed by atoms with Crippen molar-refractivity contribution in [2.24, 2.45) is 0 Å². The molecule has 4 nitrogen and oxygen atoms in total. The van der Waals surface area contributed by atoms with Crippen LogP contribution in [-0.4, -0.2) is 54.3 Å². The minimum atomic E-state index is -1.81. The van der Waals surface area contributed by atoms with Crippen LogP contribution in [-0.2, 0) is 13.6 Å². The van der Waals surface area contributed by atoms with Crippen LogP contribution in [0.3, 0.4) is 0 Å². The highest BCUT2D eigenvalue weighted by molar-refractivity contribution is 6.74. The molecule has 140 valence electrons. The fourth-order valence-electron chi connectivity index (χ4n) is 1.40. The van der Waals surface area contributed by atoms with Gasteiger partial charge in [0.25, 0.3) is 0 Å². The molecule has 0 saturated carbocycles. The van der Waals surface area contributed by atoms with Gasteiger partial charge < -0.3 is 18.7 Å². The van der Waals surface area contributed by atoms with Crippen molar-refractivity contribution in [3.8, 4) is 0 Å². The summed E-state index contributed by atoms with van der Waals surface area (Å²) in [6, 6.07) is 0. The Kier molecular flexibility index (Phi) is 8.68. The topological polar surface area (TPSA) is 47.9 Å². The minimum Gasteiger partial charge on any atom is -0.414 e. The SMILES string of the molecule is CC(C)(C)[Si](C)(C)OCC(CO[Si](C)(C)C(C)(C)C)OCCO. The van der Waals surface area contributed by atoms with Crippen molar-refractivity contribution >= 4 is 16.6 Å². The van der Waals surface area contributed by atoms with Crippen molar-refractivity contribution in [3.63, 3.8) is 0 Å². The van der Waals surface area contributed by atoms with E-state index in [1.807, 2.05) is 0 Å². The molecule has 0 rings (SSSR count). The molecule has 0 aromatic carbocycles. The Morgan fingerprint density at radius 3 is 1.39 bits per heavy atom. The molecule has 0 atom stereocenters. The van der Waals surface area contributed by atoms with Crippen LogP contribution in [0.2, 0.25) is 36.3 Å². The molecule has 0 heterocycles. The minimum absolute atomic E-state index is 0.0245. The predicted octanol–water partition coefficient (Wildman–Crippen LogP) is 4.41. The lowest BCUT2D eigenvalue weighted by molar-refractivity contribution is -0.0257. The van der Waals surface area contributed by atoms with Gasteiger partial charge in [0.15, 0.2) is 16.6 Å². The predicted molar refractivity (Wildman–Crippen MR) is 103 cm³/mol. The first kappa shape index (κ1) is 23.3. The Labute approximate surface area is 146 Å². The zero-order valence-corrected chi connectivity index (χ0v) is 19.1. The number of ether oxygens (including phenoxy) is 1. The lowest BCUT2D eigenvalue weighted by Gasteiger charge is -2.39. The number of aliphatic hydroxyl groups is 1. The molecular weight excluding hydrogens is 324 g/mol. The molecule has 0 spiro atoms. The second kappa shape index (κ2) is 8.58. The van der Waals surface area contributed by atoms with Crippen molar-refractivity contribution in [1.82, 2.24) is 0 Å².